The summed E-state index contributed by atoms with van der Waals surface area (Å²) in [5.41, 5.74) is 0.672. The summed E-state index contributed by atoms with van der Waals surface area (Å²) in [6.45, 7) is 6.95. The summed E-state index contributed by atoms with van der Waals surface area (Å²) in [6.07, 6.45) is 2.89. The zero-order valence-electron chi connectivity index (χ0n) is 14.7. The molecule has 8 nitrogen and oxygen atoms in total. The molecule has 2 aromatic carbocycles. The van der Waals surface area contributed by atoms with Crippen molar-refractivity contribution in [3.05, 3.63) is 89.5 Å². The molecule has 0 radical (unpaired) electrons. The van der Waals surface area contributed by atoms with E-state index in [2.05, 4.69) is 14.6 Å². The van der Waals surface area contributed by atoms with Gasteiger partial charge in [-0.15, -0.1) is 0 Å². The van der Waals surface area contributed by atoms with Gasteiger partial charge in [0.2, 0.25) is 0 Å². The molecule has 0 spiro atoms. The van der Waals surface area contributed by atoms with Gasteiger partial charge in [0.1, 0.15) is 0 Å². The second kappa shape index (κ2) is 6.85. The molecular weight excluding hydrogens is 392 g/mol. The van der Waals surface area contributed by atoms with Gasteiger partial charge >= 0.3 is 0 Å². The summed E-state index contributed by atoms with van der Waals surface area (Å²) in [6, 6.07) is 12.9. The predicted octanol–water partition coefficient (Wildman–Crippen LogP) is 3.23. The number of hydrogen-bond donors (Lipinski definition) is 1. The Kier molecular flexibility index (Phi) is 4.33. The first-order valence-corrected chi connectivity index (χ1v) is 9.83. The topological polar surface area (TPSA) is 101 Å². The molecule has 0 saturated carbocycles. The molecule has 2 heterocycles. The van der Waals surface area contributed by atoms with Gasteiger partial charge in [0, 0.05) is 6.20 Å². The number of fused-ring (bicyclic) bond motifs is 1. The minimum absolute atomic E-state index is 0.00139. The quantitative estimate of drug-likeness (QED) is 0.531. The molecule has 1 aliphatic heterocycles. The summed E-state index contributed by atoms with van der Waals surface area (Å²) in [5.74, 6) is -1.19. The Morgan fingerprint density at radius 1 is 0.966 bits per heavy atom. The zero-order valence-corrected chi connectivity index (χ0v) is 15.6. The fourth-order valence-corrected chi connectivity index (χ4v) is 4.07. The van der Waals surface area contributed by atoms with Gasteiger partial charge in [0.25, 0.3) is 21.8 Å². The highest BCUT2D eigenvalue weighted by atomic mass is 32.2. The van der Waals surface area contributed by atoms with E-state index in [1.807, 2.05) is 0 Å². The highest BCUT2D eigenvalue weighted by Crippen LogP contribution is 2.33. The van der Waals surface area contributed by atoms with E-state index < -0.39 is 21.8 Å². The Morgan fingerprint density at radius 3 is 2.38 bits per heavy atom. The van der Waals surface area contributed by atoms with Gasteiger partial charge in [0.05, 0.1) is 40.2 Å². The molecule has 0 fully saturated rings. The standard InChI is InChI=1S/C20H12N4O4S/c1-21-13-7-9-15(10-8-13)29(27,28)23-17-6-2-5-16-18(17)20(26)24(19(16)25)14-4-3-11-22-12-14/h2-12,23H. The Bertz CT molecular complexity index is 1280. The lowest BCUT2D eigenvalue weighted by atomic mass is 10.1. The van der Waals surface area contributed by atoms with Crippen molar-refractivity contribution in [1.29, 1.82) is 0 Å². The number of nitrogens with zero attached hydrogens (tertiary/aromatic N) is 3. The number of imide groups is 1. The van der Waals surface area contributed by atoms with Crippen LogP contribution in [0.5, 0.6) is 0 Å². The van der Waals surface area contributed by atoms with Crippen LogP contribution in [0.2, 0.25) is 0 Å². The molecule has 3 aromatic rings. The highest BCUT2D eigenvalue weighted by molar-refractivity contribution is 7.92. The van der Waals surface area contributed by atoms with Gasteiger partial charge in [-0.2, -0.15) is 0 Å². The van der Waals surface area contributed by atoms with Crippen LogP contribution in [0.15, 0.2) is 71.9 Å². The largest absolute Gasteiger partial charge is 0.279 e. The van der Waals surface area contributed by atoms with Crippen molar-refractivity contribution in [2.24, 2.45) is 0 Å². The lowest BCUT2D eigenvalue weighted by Crippen LogP contribution is -2.29. The van der Waals surface area contributed by atoms with E-state index in [-0.39, 0.29) is 21.7 Å². The number of rotatable bonds is 4. The molecule has 0 atom stereocenters. The second-order valence-electron chi connectivity index (χ2n) is 6.10. The van der Waals surface area contributed by atoms with Crippen LogP contribution in [-0.2, 0) is 10.0 Å². The number of anilines is 2. The second-order valence-corrected chi connectivity index (χ2v) is 7.78. The molecule has 29 heavy (non-hydrogen) atoms. The fourth-order valence-electron chi connectivity index (χ4n) is 2.99. The molecule has 0 saturated heterocycles. The molecule has 4 rings (SSSR count). The number of nitrogens with one attached hydrogen (secondary N) is 1. The lowest BCUT2D eigenvalue weighted by molar-refractivity contribution is 0.0926. The first-order chi connectivity index (χ1) is 13.9. The van der Waals surface area contributed by atoms with Gasteiger partial charge in [-0.25, -0.2) is 18.2 Å². The summed E-state index contributed by atoms with van der Waals surface area (Å²) in [4.78, 5) is 33.7. The van der Waals surface area contributed by atoms with Crippen LogP contribution < -0.4 is 9.62 Å². The highest BCUT2D eigenvalue weighted by Gasteiger charge is 2.39. The van der Waals surface area contributed by atoms with Crippen LogP contribution >= 0.6 is 0 Å². The Labute approximate surface area is 166 Å². The number of benzene rings is 2. The SMILES string of the molecule is [C-]#[N+]c1ccc(S(=O)(=O)Nc2cccc3c2C(=O)N(c2cccnc2)C3=O)cc1. The maximum Gasteiger partial charge on any atom is 0.268 e. The van der Waals surface area contributed by atoms with E-state index in [0.29, 0.717) is 11.4 Å². The van der Waals surface area contributed by atoms with E-state index in [4.69, 9.17) is 6.57 Å². The molecule has 1 aliphatic rings. The number of pyridine rings is 1. The van der Waals surface area contributed by atoms with Crippen LogP contribution in [0, 0.1) is 6.57 Å². The van der Waals surface area contributed by atoms with Crippen LogP contribution in [-0.4, -0.2) is 25.2 Å². The number of sulfonamides is 1. The molecule has 2 amide bonds. The molecule has 0 bridgehead atoms. The van der Waals surface area contributed by atoms with Gasteiger partial charge < -0.3 is 0 Å². The van der Waals surface area contributed by atoms with Crippen LogP contribution in [0.1, 0.15) is 20.7 Å². The lowest BCUT2D eigenvalue weighted by Gasteiger charge is -2.13. The van der Waals surface area contributed by atoms with Crippen molar-refractivity contribution in [2.75, 3.05) is 9.62 Å². The minimum Gasteiger partial charge on any atom is -0.279 e. The minimum atomic E-state index is -4.03. The number of amides is 2. The number of carbonyl (C=O) groups is 2. The average molecular weight is 404 g/mol. The van der Waals surface area contributed by atoms with Gasteiger partial charge in [-0.1, -0.05) is 30.3 Å². The van der Waals surface area contributed by atoms with Crippen molar-refractivity contribution in [3.8, 4) is 0 Å². The number of hydrogen-bond acceptors (Lipinski definition) is 5. The van der Waals surface area contributed by atoms with E-state index in [1.165, 1.54) is 54.9 Å². The Hall–Kier alpha value is -4.03. The first-order valence-electron chi connectivity index (χ1n) is 8.34. The van der Waals surface area contributed by atoms with E-state index >= 15 is 0 Å². The summed E-state index contributed by atoms with van der Waals surface area (Å²) >= 11 is 0. The molecule has 0 unspecified atom stereocenters. The average Bonchev–Trinajstić information content (AvgIpc) is 2.99. The predicted molar refractivity (Wildman–Crippen MR) is 105 cm³/mol. The summed E-state index contributed by atoms with van der Waals surface area (Å²) in [5, 5.41) is 0. The number of aromatic nitrogens is 1. The van der Waals surface area contributed by atoms with Crippen molar-refractivity contribution >= 4 is 38.9 Å². The number of carbonyl (C=O) groups excluding carboxylic acids is 2. The summed E-state index contributed by atoms with van der Waals surface area (Å²) < 4.78 is 27.8. The van der Waals surface area contributed by atoms with Gasteiger partial charge in [-0.3, -0.25) is 19.3 Å². The molecular formula is C20H12N4O4S. The smallest absolute Gasteiger partial charge is 0.268 e. The van der Waals surface area contributed by atoms with Crippen LogP contribution in [0.25, 0.3) is 4.85 Å². The van der Waals surface area contributed by atoms with Crippen molar-refractivity contribution < 1.29 is 18.0 Å². The van der Waals surface area contributed by atoms with Crippen molar-refractivity contribution in [3.63, 3.8) is 0 Å². The molecule has 0 aliphatic carbocycles. The first kappa shape index (κ1) is 18.3. The normalized spacial score (nSPS) is 13.1. The van der Waals surface area contributed by atoms with Crippen molar-refractivity contribution in [1.82, 2.24) is 4.98 Å². The van der Waals surface area contributed by atoms with E-state index in [0.717, 1.165) is 4.90 Å². The maximum absolute atomic E-state index is 12.9. The molecule has 9 heteroatoms. The molecule has 1 aromatic heterocycles. The summed E-state index contributed by atoms with van der Waals surface area (Å²) in [7, 11) is -4.03. The third-order valence-corrected chi connectivity index (χ3v) is 5.72. The van der Waals surface area contributed by atoms with Gasteiger partial charge in [-0.05, 0) is 24.3 Å². The van der Waals surface area contributed by atoms with E-state index in [1.54, 1.807) is 12.1 Å². The third-order valence-electron chi connectivity index (χ3n) is 4.34. The molecule has 142 valence electrons. The monoisotopic (exact) mass is 404 g/mol. The third kappa shape index (κ3) is 3.11. The zero-order chi connectivity index (χ0) is 20.6. The Balaban J connectivity index is 1.73. The van der Waals surface area contributed by atoms with E-state index in [9.17, 15) is 18.0 Å². The fraction of sp³-hybridized carbons (Fsp3) is 0. The van der Waals surface area contributed by atoms with Crippen LogP contribution in [0.3, 0.4) is 0 Å². The van der Waals surface area contributed by atoms with Gasteiger partial charge in [0.15, 0.2) is 5.69 Å². The maximum atomic E-state index is 12.9. The van der Waals surface area contributed by atoms with Crippen molar-refractivity contribution in [2.45, 2.75) is 4.90 Å². The Morgan fingerprint density at radius 2 is 1.72 bits per heavy atom. The molecule has 1 N–H and O–H groups in total. The van der Waals surface area contributed by atoms with Crippen LogP contribution in [0.4, 0.5) is 17.1 Å².